The molecule has 0 spiro atoms. The number of nitrogens with zero attached hydrogens (tertiary/aromatic N) is 2. The summed E-state index contributed by atoms with van der Waals surface area (Å²) in [5, 5.41) is 2.92. The summed E-state index contributed by atoms with van der Waals surface area (Å²) >= 11 is 0. The van der Waals surface area contributed by atoms with Crippen LogP contribution in [0.15, 0.2) is 42.9 Å². The summed E-state index contributed by atoms with van der Waals surface area (Å²) in [7, 11) is 0. The third kappa shape index (κ3) is 3.54. The molecule has 2 aromatic heterocycles. The van der Waals surface area contributed by atoms with E-state index in [1.807, 2.05) is 26.0 Å². The molecule has 2 aromatic rings. The molecule has 5 heteroatoms. The average molecular weight is 271 g/mol. The molecule has 1 unspecified atom stereocenters. The van der Waals surface area contributed by atoms with Crippen LogP contribution in [0.2, 0.25) is 0 Å². The minimum atomic E-state index is -0.162. The summed E-state index contributed by atoms with van der Waals surface area (Å²) in [6, 6.07) is 7.06. The second-order valence-corrected chi connectivity index (χ2v) is 4.29. The minimum Gasteiger partial charge on any atom is -0.478 e. The van der Waals surface area contributed by atoms with Gasteiger partial charge in [-0.25, -0.2) is 4.98 Å². The molecule has 20 heavy (non-hydrogen) atoms. The predicted octanol–water partition coefficient (Wildman–Crippen LogP) is 2.37. The van der Waals surface area contributed by atoms with Gasteiger partial charge in [-0.15, -0.1) is 0 Å². The maximum atomic E-state index is 12.1. The Kier molecular flexibility index (Phi) is 4.65. The van der Waals surface area contributed by atoms with E-state index in [2.05, 4.69) is 15.3 Å². The molecule has 104 valence electrons. The summed E-state index contributed by atoms with van der Waals surface area (Å²) in [6.45, 7) is 4.37. The average Bonchev–Trinajstić information content (AvgIpc) is 2.49. The van der Waals surface area contributed by atoms with Gasteiger partial charge >= 0.3 is 0 Å². The van der Waals surface area contributed by atoms with Gasteiger partial charge in [-0.3, -0.25) is 9.78 Å². The SMILES string of the molecule is CCOc1ccc(C(=O)NC(C)c2ccncc2)cn1. The Bertz CT molecular complexity index is 555. The Hall–Kier alpha value is -2.43. The van der Waals surface area contributed by atoms with Gasteiger partial charge in [0.2, 0.25) is 5.88 Å². The second-order valence-electron chi connectivity index (χ2n) is 4.29. The van der Waals surface area contributed by atoms with Crippen LogP contribution in [0.3, 0.4) is 0 Å². The number of hydrogen-bond acceptors (Lipinski definition) is 4. The Balaban J connectivity index is 2.01. The first kappa shape index (κ1) is 14.0. The lowest BCUT2D eigenvalue weighted by atomic mass is 10.1. The van der Waals surface area contributed by atoms with Crippen molar-refractivity contribution in [3.63, 3.8) is 0 Å². The molecule has 0 aliphatic carbocycles. The van der Waals surface area contributed by atoms with E-state index in [1.165, 1.54) is 6.20 Å². The van der Waals surface area contributed by atoms with E-state index in [9.17, 15) is 4.79 Å². The van der Waals surface area contributed by atoms with Crippen molar-refractivity contribution in [2.75, 3.05) is 6.61 Å². The molecule has 0 saturated heterocycles. The summed E-state index contributed by atoms with van der Waals surface area (Å²) in [6.07, 6.45) is 4.92. The molecule has 0 aliphatic heterocycles. The van der Waals surface area contributed by atoms with Crippen LogP contribution in [0.1, 0.15) is 35.8 Å². The smallest absolute Gasteiger partial charge is 0.253 e. The molecule has 0 aliphatic rings. The quantitative estimate of drug-likeness (QED) is 0.906. The molecule has 0 bridgehead atoms. The van der Waals surface area contributed by atoms with Crippen molar-refractivity contribution in [2.45, 2.75) is 19.9 Å². The monoisotopic (exact) mass is 271 g/mol. The van der Waals surface area contributed by atoms with E-state index in [0.717, 1.165) is 5.56 Å². The lowest BCUT2D eigenvalue weighted by Gasteiger charge is -2.14. The fraction of sp³-hybridized carbons (Fsp3) is 0.267. The normalized spacial score (nSPS) is 11.7. The van der Waals surface area contributed by atoms with E-state index in [-0.39, 0.29) is 11.9 Å². The minimum absolute atomic E-state index is 0.0860. The van der Waals surface area contributed by atoms with Gasteiger partial charge in [0.15, 0.2) is 0 Å². The van der Waals surface area contributed by atoms with Crippen LogP contribution in [-0.2, 0) is 0 Å². The van der Waals surface area contributed by atoms with Crippen molar-refractivity contribution in [3.05, 3.63) is 54.0 Å². The highest BCUT2D eigenvalue weighted by Crippen LogP contribution is 2.12. The number of rotatable bonds is 5. The molecule has 0 fully saturated rings. The zero-order chi connectivity index (χ0) is 14.4. The molecule has 0 aromatic carbocycles. The van der Waals surface area contributed by atoms with Crippen LogP contribution in [0.25, 0.3) is 0 Å². The number of ether oxygens (including phenoxy) is 1. The van der Waals surface area contributed by atoms with Gasteiger partial charge in [0.25, 0.3) is 5.91 Å². The van der Waals surface area contributed by atoms with E-state index in [0.29, 0.717) is 18.1 Å². The Labute approximate surface area is 118 Å². The fourth-order valence-corrected chi connectivity index (χ4v) is 1.76. The number of hydrogen-bond donors (Lipinski definition) is 1. The lowest BCUT2D eigenvalue weighted by Crippen LogP contribution is -2.26. The van der Waals surface area contributed by atoms with Crippen molar-refractivity contribution in [2.24, 2.45) is 0 Å². The van der Waals surface area contributed by atoms with Gasteiger partial charge in [-0.1, -0.05) is 0 Å². The van der Waals surface area contributed by atoms with Crippen molar-refractivity contribution in [3.8, 4) is 5.88 Å². The van der Waals surface area contributed by atoms with Crippen LogP contribution in [0.4, 0.5) is 0 Å². The maximum absolute atomic E-state index is 12.1. The third-order valence-electron chi connectivity index (χ3n) is 2.84. The molecule has 1 atom stereocenters. The largest absolute Gasteiger partial charge is 0.478 e. The molecule has 2 rings (SSSR count). The van der Waals surface area contributed by atoms with Crippen LogP contribution in [0, 0.1) is 0 Å². The number of nitrogens with one attached hydrogen (secondary N) is 1. The lowest BCUT2D eigenvalue weighted by molar-refractivity contribution is 0.0939. The van der Waals surface area contributed by atoms with Crippen molar-refractivity contribution < 1.29 is 9.53 Å². The highest BCUT2D eigenvalue weighted by atomic mass is 16.5. The number of carbonyl (C=O) groups excluding carboxylic acids is 1. The molecule has 1 amide bonds. The highest BCUT2D eigenvalue weighted by Gasteiger charge is 2.11. The Morgan fingerprint density at radius 2 is 2.05 bits per heavy atom. The predicted molar refractivity (Wildman–Crippen MR) is 75.5 cm³/mol. The maximum Gasteiger partial charge on any atom is 0.253 e. The summed E-state index contributed by atoms with van der Waals surface area (Å²) in [5.74, 6) is 0.357. The van der Waals surface area contributed by atoms with Crippen LogP contribution < -0.4 is 10.1 Å². The molecule has 2 heterocycles. The van der Waals surface area contributed by atoms with E-state index in [4.69, 9.17) is 4.74 Å². The van der Waals surface area contributed by atoms with Gasteiger partial charge in [0.05, 0.1) is 18.2 Å². The van der Waals surface area contributed by atoms with E-state index < -0.39 is 0 Å². The van der Waals surface area contributed by atoms with Gasteiger partial charge in [-0.2, -0.15) is 0 Å². The first-order valence-electron chi connectivity index (χ1n) is 6.50. The number of aromatic nitrogens is 2. The first-order valence-corrected chi connectivity index (χ1v) is 6.50. The molecule has 0 saturated carbocycles. The molecular formula is C15H17N3O2. The van der Waals surface area contributed by atoms with Gasteiger partial charge in [0, 0.05) is 24.7 Å². The van der Waals surface area contributed by atoms with Crippen molar-refractivity contribution >= 4 is 5.91 Å². The van der Waals surface area contributed by atoms with Gasteiger partial charge < -0.3 is 10.1 Å². The van der Waals surface area contributed by atoms with Gasteiger partial charge in [-0.05, 0) is 37.6 Å². The Morgan fingerprint density at radius 1 is 1.30 bits per heavy atom. The van der Waals surface area contributed by atoms with E-state index >= 15 is 0 Å². The van der Waals surface area contributed by atoms with Crippen molar-refractivity contribution in [1.82, 2.24) is 15.3 Å². The summed E-state index contributed by atoms with van der Waals surface area (Å²) < 4.78 is 5.24. The molecule has 0 radical (unpaired) electrons. The van der Waals surface area contributed by atoms with Crippen molar-refractivity contribution in [1.29, 1.82) is 0 Å². The van der Waals surface area contributed by atoms with Gasteiger partial charge in [0.1, 0.15) is 0 Å². The third-order valence-corrected chi connectivity index (χ3v) is 2.84. The zero-order valence-electron chi connectivity index (χ0n) is 11.5. The zero-order valence-corrected chi connectivity index (χ0v) is 11.5. The number of carbonyl (C=O) groups is 1. The van der Waals surface area contributed by atoms with Crippen LogP contribution >= 0.6 is 0 Å². The molecule has 5 nitrogen and oxygen atoms in total. The summed E-state index contributed by atoms with van der Waals surface area (Å²) in [5.41, 5.74) is 1.52. The standard InChI is InChI=1S/C15H17N3O2/c1-3-20-14-5-4-13(10-17-14)15(19)18-11(2)12-6-8-16-9-7-12/h4-11H,3H2,1-2H3,(H,18,19). The fourth-order valence-electron chi connectivity index (χ4n) is 1.76. The number of pyridine rings is 2. The topological polar surface area (TPSA) is 64.1 Å². The number of amides is 1. The molecule has 1 N–H and O–H groups in total. The first-order chi connectivity index (χ1) is 9.70. The van der Waals surface area contributed by atoms with Crippen LogP contribution in [-0.4, -0.2) is 22.5 Å². The second kappa shape index (κ2) is 6.65. The van der Waals surface area contributed by atoms with E-state index in [1.54, 1.807) is 24.5 Å². The Morgan fingerprint density at radius 3 is 2.65 bits per heavy atom. The highest BCUT2D eigenvalue weighted by molar-refractivity contribution is 5.94. The summed E-state index contributed by atoms with van der Waals surface area (Å²) in [4.78, 5) is 20.1. The van der Waals surface area contributed by atoms with Crippen LogP contribution in [0.5, 0.6) is 5.88 Å². The molecular weight excluding hydrogens is 254 g/mol.